The van der Waals surface area contributed by atoms with E-state index in [1.165, 1.54) is 5.56 Å². The second kappa shape index (κ2) is 9.49. The highest BCUT2D eigenvalue weighted by molar-refractivity contribution is 5.78. The Hall–Kier alpha value is -2.69. The highest BCUT2D eigenvalue weighted by atomic mass is 16.5. The lowest BCUT2D eigenvalue weighted by Crippen LogP contribution is -2.41. The summed E-state index contributed by atoms with van der Waals surface area (Å²) in [5.41, 5.74) is 2.38. The summed E-state index contributed by atoms with van der Waals surface area (Å²) in [6.07, 6.45) is 3.13. The van der Waals surface area contributed by atoms with Crippen molar-refractivity contribution in [1.29, 1.82) is 0 Å². The Morgan fingerprint density at radius 2 is 1.64 bits per heavy atom. The topological polar surface area (TPSA) is 48.0 Å². The Labute approximate surface area is 167 Å². The minimum atomic E-state index is -0.0147. The molecule has 2 aromatic rings. The molecule has 1 saturated heterocycles. The molecule has 0 aliphatic carbocycles. The normalized spacial score (nSPS) is 14.6. The number of ether oxygens (including phenoxy) is 3. The molecule has 0 unspecified atom stereocenters. The van der Waals surface area contributed by atoms with Gasteiger partial charge in [0.1, 0.15) is 0 Å². The van der Waals surface area contributed by atoms with Crippen molar-refractivity contribution in [3.05, 3.63) is 53.6 Å². The first-order chi connectivity index (χ1) is 13.6. The van der Waals surface area contributed by atoms with E-state index in [4.69, 9.17) is 14.2 Å². The molecule has 0 N–H and O–H groups in total. The summed E-state index contributed by atoms with van der Waals surface area (Å²) in [6, 6.07) is 14.3. The third-order valence-corrected chi connectivity index (χ3v) is 5.28. The monoisotopic (exact) mass is 383 g/mol. The van der Waals surface area contributed by atoms with Gasteiger partial charge in [-0.3, -0.25) is 4.79 Å². The first-order valence-electron chi connectivity index (χ1n) is 9.77. The van der Waals surface area contributed by atoms with Gasteiger partial charge in [0.2, 0.25) is 5.75 Å². The quantitative estimate of drug-likeness (QED) is 0.728. The van der Waals surface area contributed by atoms with Gasteiger partial charge in [0.25, 0.3) is 5.91 Å². The van der Waals surface area contributed by atoms with E-state index in [1.54, 1.807) is 14.2 Å². The molecule has 5 nitrogen and oxygen atoms in total. The van der Waals surface area contributed by atoms with Crippen LogP contribution in [0.15, 0.2) is 42.5 Å². The Morgan fingerprint density at radius 1 is 1.04 bits per heavy atom. The van der Waals surface area contributed by atoms with Crippen molar-refractivity contribution in [1.82, 2.24) is 4.90 Å². The predicted molar refractivity (Wildman–Crippen MR) is 109 cm³/mol. The summed E-state index contributed by atoms with van der Waals surface area (Å²) in [5, 5.41) is 0. The van der Waals surface area contributed by atoms with Crippen LogP contribution in [0.2, 0.25) is 0 Å². The van der Waals surface area contributed by atoms with Crippen LogP contribution in [0.3, 0.4) is 0 Å². The van der Waals surface area contributed by atoms with E-state index in [1.807, 2.05) is 30.0 Å². The third-order valence-electron chi connectivity index (χ3n) is 5.28. The lowest BCUT2D eigenvalue weighted by Gasteiger charge is -2.32. The van der Waals surface area contributed by atoms with Gasteiger partial charge in [-0.25, -0.2) is 0 Å². The Kier molecular flexibility index (Phi) is 6.80. The van der Waals surface area contributed by atoms with Crippen molar-refractivity contribution in [2.45, 2.75) is 26.2 Å². The summed E-state index contributed by atoms with van der Waals surface area (Å²) in [6.45, 7) is 3.50. The molecule has 5 heteroatoms. The van der Waals surface area contributed by atoms with Crippen LogP contribution >= 0.6 is 0 Å². The number of nitrogens with zero attached hydrogens (tertiary/aromatic N) is 1. The third kappa shape index (κ3) is 4.97. The first-order valence-corrected chi connectivity index (χ1v) is 9.77. The number of hydrogen-bond acceptors (Lipinski definition) is 4. The van der Waals surface area contributed by atoms with Gasteiger partial charge in [0, 0.05) is 13.1 Å². The summed E-state index contributed by atoms with van der Waals surface area (Å²) in [5.74, 6) is 2.26. The van der Waals surface area contributed by atoms with E-state index in [9.17, 15) is 4.79 Å². The van der Waals surface area contributed by atoms with Crippen molar-refractivity contribution in [3.8, 4) is 17.2 Å². The number of carbonyl (C=O) groups excluding carboxylic acids is 1. The highest BCUT2D eigenvalue weighted by Crippen LogP contribution is 2.38. The van der Waals surface area contributed by atoms with Gasteiger partial charge in [-0.2, -0.15) is 0 Å². The van der Waals surface area contributed by atoms with Gasteiger partial charge in [-0.1, -0.05) is 30.3 Å². The lowest BCUT2D eigenvalue weighted by atomic mass is 9.90. The Balaban J connectivity index is 1.53. The fraction of sp³-hybridized carbons (Fsp3) is 0.435. The van der Waals surface area contributed by atoms with Gasteiger partial charge < -0.3 is 19.1 Å². The van der Waals surface area contributed by atoms with Crippen LogP contribution in [-0.4, -0.2) is 44.7 Å². The molecular formula is C23H29NO4. The summed E-state index contributed by atoms with van der Waals surface area (Å²) >= 11 is 0. The highest BCUT2D eigenvalue weighted by Gasteiger charge is 2.24. The molecule has 1 aliphatic rings. The number of aryl methyl sites for hydroxylation is 1. The molecule has 0 saturated carbocycles. The van der Waals surface area contributed by atoms with Crippen LogP contribution in [0.4, 0.5) is 0 Å². The van der Waals surface area contributed by atoms with Crippen LogP contribution in [0.1, 0.15) is 24.0 Å². The van der Waals surface area contributed by atoms with E-state index in [2.05, 4.69) is 24.3 Å². The van der Waals surface area contributed by atoms with Crippen molar-refractivity contribution in [2.75, 3.05) is 33.9 Å². The smallest absolute Gasteiger partial charge is 0.260 e. The minimum absolute atomic E-state index is 0.00263. The minimum Gasteiger partial charge on any atom is -0.493 e. The van der Waals surface area contributed by atoms with Crippen LogP contribution < -0.4 is 14.2 Å². The number of benzene rings is 2. The molecule has 0 atom stereocenters. The average Bonchev–Trinajstić information content (AvgIpc) is 2.73. The SMILES string of the molecule is COc1cc(C)cc(OC)c1OCC(=O)N1CCC(Cc2ccccc2)CC1. The summed E-state index contributed by atoms with van der Waals surface area (Å²) < 4.78 is 16.6. The maximum atomic E-state index is 12.6. The van der Waals surface area contributed by atoms with Crippen LogP contribution in [0.25, 0.3) is 0 Å². The predicted octanol–water partition coefficient (Wildman–Crippen LogP) is 3.87. The number of hydrogen-bond donors (Lipinski definition) is 0. The fourth-order valence-corrected chi connectivity index (χ4v) is 3.71. The Morgan fingerprint density at radius 3 is 2.21 bits per heavy atom. The molecular weight excluding hydrogens is 354 g/mol. The standard InChI is InChI=1S/C23H29NO4/c1-17-13-20(26-2)23(21(14-17)27-3)28-16-22(25)24-11-9-19(10-12-24)15-18-7-5-4-6-8-18/h4-8,13-14,19H,9-12,15-16H2,1-3H3. The second-order valence-corrected chi connectivity index (χ2v) is 7.30. The fourth-order valence-electron chi connectivity index (χ4n) is 3.71. The Bertz CT molecular complexity index is 757. The maximum absolute atomic E-state index is 12.6. The van der Waals surface area contributed by atoms with Crippen molar-refractivity contribution in [3.63, 3.8) is 0 Å². The molecule has 0 spiro atoms. The molecule has 150 valence electrons. The summed E-state index contributed by atoms with van der Waals surface area (Å²) in [7, 11) is 3.17. The molecule has 0 radical (unpaired) electrons. The van der Waals surface area contributed by atoms with Crippen molar-refractivity contribution in [2.24, 2.45) is 5.92 Å². The molecule has 1 fully saturated rings. The number of piperidine rings is 1. The summed E-state index contributed by atoms with van der Waals surface area (Å²) in [4.78, 5) is 14.5. The van der Waals surface area contributed by atoms with Crippen LogP contribution in [-0.2, 0) is 11.2 Å². The van der Waals surface area contributed by atoms with Gasteiger partial charge >= 0.3 is 0 Å². The van der Waals surface area contributed by atoms with E-state index in [-0.39, 0.29) is 12.5 Å². The number of amides is 1. The van der Waals surface area contributed by atoms with Gasteiger partial charge in [0.15, 0.2) is 18.1 Å². The zero-order valence-electron chi connectivity index (χ0n) is 16.9. The lowest BCUT2D eigenvalue weighted by molar-refractivity contribution is -0.134. The molecule has 1 heterocycles. The molecule has 0 aromatic heterocycles. The molecule has 2 aromatic carbocycles. The van der Waals surface area contributed by atoms with Crippen molar-refractivity contribution >= 4 is 5.91 Å². The molecule has 3 rings (SSSR count). The van der Waals surface area contributed by atoms with Gasteiger partial charge in [0.05, 0.1) is 14.2 Å². The largest absolute Gasteiger partial charge is 0.493 e. The molecule has 28 heavy (non-hydrogen) atoms. The van der Waals surface area contributed by atoms with E-state index < -0.39 is 0 Å². The van der Waals surface area contributed by atoms with Crippen molar-refractivity contribution < 1.29 is 19.0 Å². The number of rotatable bonds is 7. The molecule has 1 aliphatic heterocycles. The maximum Gasteiger partial charge on any atom is 0.260 e. The van der Waals surface area contributed by atoms with Gasteiger partial charge in [-0.05, 0) is 55.4 Å². The van der Waals surface area contributed by atoms with Gasteiger partial charge in [-0.15, -0.1) is 0 Å². The number of methoxy groups -OCH3 is 2. The van der Waals surface area contributed by atoms with Crippen LogP contribution in [0.5, 0.6) is 17.2 Å². The zero-order chi connectivity index (χ0) is 19.9. The molecule has 0 bridgehead atoms. The van der Waals surface area contributed by atoms with E-state index in [0.29, 0.717) is 23.2 Å². The van der Waals surface area contributed by atoms with Crippen LogP contribution in [0, 0.1) is 12.8 Å². The van der Waals surface area contributed by atoms with E-state index >= 15 is 0 Å². The second-order valence-electron chi connectivity index (χ2n) is 7.30. The number of carbonyl (C=O) groups is 1. The molecule has 1 amide bonds. The average molecular weight is 383 g/mol. The number of likely N-dealkylation sites (tertiary alicyclic amines) is 1. The first kappa shape index (κ1) is 20.1. The van der Waals surface area contributed by atoms with E-state index in [0.717, 1.165) is 37.9 Å². The zero-order valence-corrected chi connectivity index (χ0v) is 16.9.